The highest BCUT2D eigenvalue weighted by molar-refractivity contribution is 6.30. The molecule has 7 heteroatoms. The highest BCUT2D eigenvalue weighted by Gasteiger charge is 2.23. The summed E-state index contributed by atoms with van der Waals surface area (Å²) < 4.78 is 53.2. The molecule has 0 radical (unpaired) electrons. The third-order valence-electron chi connectivity index (χ3n) is 2.69. The molecule has 0 aliphatic heterocycles. The van der Waals surface area contributed by atoms with Crippen molar-refractivity contribution in [2.45, 2.75) is 6.54 Å². The molecule has 0 saturated carbocycles. The molecule has 0 amide bonds. The lowest BCUT2D eigenvalue weighted by Crippen LogP contribution is -2.21. The quantitative estimate of drug-likeness (QED) is 0.631. The predicted molar refractivity (Wildman–Crippen MR) is 67.6 cm³/mol. The van der Waals surface area contributed by atoms with Crippen LogP contribution in [0.1, 0.15) is 5.56 Å². The molecule has 0 aliphatic rings. The Morgan fingerprint density at radius 1 is 1.00 bits per heavy atom. The molecule has 1 aromatic carbocycles. The fourth-order valence-electron chi connectivity index (χ4n) is 1.75. The summed E-state index contributed by atoms with van der Waals surface area (Å²) in [6.07, 6.45) is 0. The number of anilines is 1. The van der Waals surface area contributed by atoms with Crippen molar-refractivity contribution in [3.8, 4) is 0 Å². The first-order valence-electron chi connectivity index (χ1n) is 5.55. The number of pyridine rings is 1. The van der Waals surface area contributed by atoms with Crippen molar-refractivity contribution in [3.63, 3.8) is 0 Å². The van der Waals surface area contributed by atoms with Gasteiger partial charge in [0.2, 0.25) is 11.6 Å². The Hall–Kier alpha value is -1.82. The Bertz CT molecular complexity index is 605. The van der Waals surface area contributed by atoms with Crippen molar-refractivity contribution in [1.29, 1.82) is 0 Å². The smallest absolute Gasteiger partial charge is 0.253 e. The Labute approximate surface area is 117 Å². The number of nitrogens with zero attached hydrogens (tertiary/aromatic N) is 2. The van der Waals surface area contributed by atoms with Crippen molar-refractivity contribution < 1.29 is 17.6 Å². The Balaban J connectivity index is 2.34. The second-order valence-corrected chi connectivity index (χ2v) is 4.59. The van der Waals surface area contributed by atoms with E-state index in [-0.39, 0.29) is 6.54 Å². The standard InChI is InChI=1S/C13H9ClF4N2/c1-20(6-7-2-4-8(14)5-3-7)11-9(15)12(17)19-13(18)10(11)16/h2-5H,6H2,1H3. The molecule has 0 saturated heterocycles. The number of hydrogen-bond donors (Lipinski definition) is 0. The molecule has 1 heterocycles. The highest BCUT2D eigenvalue weighted by atomic mass is 35.5. The molecule has 0 bridgehead atoms. The van der Waals surface area contributed by atoms with Gasteiger partial charge in [0.15, 0.2) is 0 Å². The third-order valence-corrected chi connectivity index (χ3v) is 2.94. The molecular weight excluding hydrogens is 296 g/mol. The van der Waals surface area contributed by atoms with Gasteiger partial charge in [-0.2, -0.15) is 22.5 Å². The summed E-state index contributed by atoms with van der Waals surface area (Å²) >= 11 is 5.72. The van der Waals surface area contributed by atoms with Crippen LogP contribution >= 0.6 is 11.6 Å². The molecule has 0 unspecified atom stereocenters. The number of hydrogen-bond acceptors (Lipinski definition) is 2. The van der Waals surface area contributed by atoms with Crippen LogP contribution < -0.4 is 4.90 Å². The molecule has 1 aromatic heterocycles. The summed E-state index contributed by atoms with van der Waals surface area (Å²) in [5.41, 5.74) is -0.127. The van der Waals surface area contributed by atoms with Crippen LogP contribution in [0.5, 0.6) is 0 Å². The van der Waals surface area contributed by atoms with Crippen LogP contribution in [0.25, 0.3) is 0 Å². The van der Waals surface area contributed by atoms with E-state index in [9.17, 15) is 17.6 Å². The first-order chi connectivity index (χ1) is 9.40. The first-order valence-corrected chi connectivity index (χ1v) is 5.93. The van der Waals surface area contributed by atoms with Gasteiger partial charge in [0.1, 0.15) is 5.69 Å². The SMILES string of the molecule is CN(Cc1ccc(Cl)cc1)c1c(F)c(F)nc(F)c1F. The normalized spacial score (nSPS) is 10.7. The lowest BCUT2D eigenvalue weighted by molar-refractivity contribution is 0.407. The molecule has 2 nitrogen and oxygen atoms in total. The average Bonchev–Trinajstić information content (AvgIpc) is 2.39. The van der Waals surface area contributed by atoms with Crippen molar-refractivity contribution in [2.24, 2.45) is 0 Å². The minimum Gasteiger partial charge on any atom is -0.365 e. The number of benzene rings is 1. The Kier molecular flexibility index (Phi) is 4.13. The Morgan fingerprint density at radius 3 is 2.00 bits per heavy atom. The van der Waals surface area contributed by atoms with Crippen molar-refractivity contribution in [3.05, 3.63) is 58.4 Å². The van der Waals surface area contributed by atoms with Crippen LogP contribution in [0.2, 0.25) is 5.02 Å². The molecule has 0 spiro atoms. The minimum absolute atomic E-state index is 0.0495. The lowest BCUT2D eigenvalue weighted by atomic mass is 10.2. The van der Waals surface area contributed by atoms with Crippen molar-refractivity contribution >= 4 is 17.3 Å². The molecule has 20 heavy (non-hydrogen) atoms. The maximum atomic E-state index is 13.6. The van der Waals surface area contributed by atoms with Crippen LogP contribution in [0, 0.1) is 23.5 Å². The van der Waals surface area contributed by atoms with Gasteiger partial charge in [-0.15, -0.1) is 0 Å². The molecular formula is C13H9ClF4N2. The third kappa shape index (κ3) is 2.85. The van der Waals surface area contributed by atoms with E-state index in [1.54, 1.807) is 24.3 Å². The van der Waals surface area contributed by atoms with Crippen LogP contribution in [0.3, 0.4) is 0 Å². The number of aromatic nitrogens is 1. The van der Waals surface area contributed by atoms with E-state index < -0.39 is 29.2 Å². The van der Waals surface area contributed by atoms with E-state index in [1.165, 1.54) is 7.05 Å². The van der Waals surface area contributed by atoms with E-state index in [2.05, 4.69) is 4.98 Å². The van der Waals surface area contributed by atoms with Gasteiger partial charge in [-0.25, -0.2) is 0 Å². The Morgan fingerprint density at radius 2 is 1.50 bits per heavy atom. The van der Waals surface area contributed by atoms with E-state index in [0.717, 1.165) is 4.90 Å². The van der Waals surface area contributed by atoms with Gasteiger partial charge in [-0.05, 0) is 17.7 Å². The van der Waals surface area contributed by atoms with E-state index in [4.69, 9.17) is 11.6 Å². The zero-order valence-corrected chi connectivity index (χ0v) is 11.1. The molecule has 0 atom stereocenters. The second-order valence-electron chi connectivity index (χ2n) is 4.15. The molecule has 2 aromatic rings. The summed E-state index contributed by atoms with van der Waals surface area (Å²) in [7, 11) is 1.31. The summed E-state index contributed by atoms with van der Waals surface area (Å²) in [5.74, 6) is -6.41. The van der Waals surface area contributed by atoms with E-state index in [1.807, 2.05) is 0 Å². The molecule has 0 fully saturated rings. The van der Waals surface area contributed by atoms with Gasteiger partial charge in [0, 0.05) is 18.6 Å². The first kappa shape index (κ1) is 14.6. The van der Waals surface area contributed by atoms with Crippen molar-refractivity contribution in [2.75, 3.05) is 11.9 Å². The maximum absolute atomic E-state index is 13.6. The highest BCUT2D eigenvalue weighted by Crippen LogP contribution is 2.26. The maximum Gasteiger partial charge on any atom is 0.253 e. The summed E-state index contributed by atoms with van der Waals surface area (Å²) in [4.78, 5) is 3.56. The van der Waals surface area contributed by atoms with Crippen LogP contribution in [0.15, 0.2) is 24.3 Å². The van der Waals surface area contributed by atoms with E-state index in [0.29, 0.717) is 10.6 Å². The lowest BCUT2D eigenvalue weighted by Gasteiger charge is -2.20. The topological polar surface area (TPSA) is 16.1 Å². The van der Waals surface area contributed by atoms with Gasteiger partial charge in [-0.3, -0.25) is 0 Å². The minimum atomic E-state index is -1.68. The number of halogens is 5. The molecule has 106 valence electrons. The van der Waals surface area contributed by atoms with Crippen LogP contribution in [-0.4, -0.2) is 12.0 Å². The zero-order valence-electron chi connectivity index (χ0n) is 10.3. The molecule has 0 aliphatic carbocycles. The van der Waals surface area contributed by atoms with Crippen LogP contribution in [0.4, 0.5) is 23.2 Å². The van der Waals surface area contributed by atoms with Gasteiger partial charge in [0.25, 0.3) is 11.9 Å². The fourth-order valence-corrected chi connectivity index (χ4v) is 1.88. The van der Waals surface area contributed by atoms with Gasteiger partial charge in [0.05, 0.1) is 0 Å². The van der Waals surface area contributed by atoms with Crippen LogP contribution in [-0.2, 0) is 6.54 Å². The monoisotopic (exact) mass is 304 g/mol. The molecule has 2 rings (SSSR count). The van der Waals surface area contributed by atoms with Crippen molar-refractivity contribution in [1.82, 2.24) is 4.98 Å². The average molecular weight is 305 g/mol. The summed E-state index contributed by atoms with van der Waals surface area (Å²) in [6, 6.07) is 6.49. The second kappa shape index (κ2) is 5.66. The summed E-state index contributed by atoms with van der Waals surface area (Å²) in [5, 5.41) is 0.509. The van der Waals surface area contributed by atoms with Gasteiger partial charge in [-0.1, -0.05) is 23.7 Å². The predicted octanol–water partition coefficient (Wildman–Crippen LogP) is 3.93. The molecule has 0 N–H and O–H groups in total. The number of rotatable bonds is 3. The van der Waals surface area contributed by atoms with Gasteiger partial charge >= 0.3 is 0 Å². The van der Waals surface area contributed by atoms with E-state index >= 15 is 0 Å². The van der Waals surface area contributed by atoms with Gasteiger partial charge < -0.3 is 4.90 Å². The largest absolute Gasteiger partial charge is 0.365 e. The zero-order chi connectivity index (χ0) is 14.9. The summed E-state index contributed by atoms with van der Waals surface area (Å²) in [6.45, 7) is 0.0495. The fraction of sp³-hybridized carbons (Fsp3) is 0.154.